The predicted octanol–water partition coefficient (Wildman–Crippen LogP) is 4.60. The number of nitrogens with zero attached hydrogens (tertiary/aromatic N) is 3. The first-order valence-corrected chi connectivity index (χ1v) is 9.10. The Balaban J connectivity index is 1.87. The van der Waals surface area contributed by atoms with Crippen LogP contribution in [0.1, 0.15) is 12.5 Å². The first-order valence-electron chi connectivity index (χ1n) is 9.10. The van der Waals surface area contributed by atoms with E-state index >= 15 is 0 Å². The first-order chi connectivity index (χ1) is 14.8. The Labute approximate surface area is 177 Å². The van der Waals surface area contributed by atoms with Crippen LogP contribution in [0.15, 0.2) is 61.6 Å². The first kappa shape index (κ1) is 21.6. The number of aromatic nitrogens is 3. The van der Waals surface area contributed by atoms with Gasteiger partial charge in [-0.25, -0.2) is 13.8 Å². The van der Waals surface area contributed by atoms with Gasteiger partial charge in [-0.1, -0.05) is 6.58 Å². The van der Waals surface area contributed by atoms with E-state index in [9.17, 15) is 13.6 Å². The number of pyridine rings is 1. The SMILES string of the molecule is C=CC(=O)Nc1ccc(Nc2nc(Nc3cncc(OC)c3)ncc2C(C)(F)F)cc1. The summed E-state index contributed by atoms with van der Waals surface area (Å²) in [6.45, 7) is 4.15. The number of methoxy groups -OCH3 is 1. The minimum Gasteiger partial charge on any atom is -0.495 e. The molecule has 3 N–H and O–H groups in total. The normalized spacial score (nSPS) is 10.8. The van der Waals surface area contributed by atoms with Crippen LogP contribution in [0.4, 0.5) is 37.6 Å². The van der Waals surface area contributed by atoms with E-state index in [1.165, 1.54) is 19.5 Å². The van der Waals surface area contributed by atoms with Gasteiger partial charge in [-0.05, 0) is 30.3 Å². The largest absolute Gasteiger partial charge is 0.495 e. The topological polar surface area (TPSA) is 101 Å². The highest BCUT2D eigenvalue weighted by molar-refractivity contribution is 5.98. The Hall–Kier alpha value is -4.08. The second-order valence-electron chi connectivity index (χ2n) is 6.48. The Kier molecular flexibility index (Phi) is 6.39. The van der Waals surface area contributed by atoms with E-state index in [0.29, 0.717) is 22.8 Å². The van der Waals surface area contributed by atoms with Crippen LogP contribution in [0.5, 0.6) is 5.75 Å². The molecule has 8 nitrogen and oxygen atoms in total. The number of alkyl halides is 2. The molecule has 0 aliphatic carbocycles. The maximum Gasteiger partial charge on any atom is 0.275 e. The summed E-state index contributed by atoms with van der Waals surface area (Å²) in [5.41, 5.74) is 1.19. The Morgan fingerprint density at radius 1 is 1.10 bits per heavy atom. The predicted molar refractivity (Wildman–Crippen MR) is 114 cm³/mol. The lowest BCUT2D eigenvalue weighted by Crippen LogP contribution is -2.14. The molecule has 3 rings (SSSR count). The van der Waals surface area contributed by atoms with Gasteiger partial charge in [-0.15, -0.1) is 0 Å². The fourth-order valence-electron chi connectivity index (χ4n) is 2.55. The average molecular weight is 426 g/mol. The second kappa shape index (κ2) is 9.16. The smallest absolute Gasteiger partial charge is 0.275 e. The molecular weight excluding hydrogens is 406 g/mol. The van der Waals surface area contributed by atoms with Crippen molar-refractivity contribution >= 4 is 34.7 Å². The lowest BCUT2D eigenvalue weighted by Gasteiger charge is -2.17. The van der Waals surface area contributed by atoms with Crippen molar-refractivity contribution in [3.05, 3.63) is 67.1 Å². The fourth-order valence-corrected chi connectivity index (χ4v) is 2.55. The molecule has 0 aliphatic rings. The third-order valence-corrected chi connectivity index (χ3v) is 4.07. The van der Waals surface area contributed by atoms with Crippen molar-refractivity contribution in [3.63, 3.8) is 0 Å². The van der Waals surface area contributed by atoms with Gasteiger partial charge in [0.05, 0.1) is 30.8 Å². The van der Waals surface area contributed by atoms with Crippen molar-refractivity contribution in [2.24, 2.45) is 0 Å². The second-order valence-corrected chi connectivity index (χ2v) is 6.48. The molecule has 0 saturated carbocycles. The van der Waals surface area contributed by atoms with Gasteiger partial charge in [0.25, 0.3) is 5.92 Å². The van der Waals surface area contributed by atoms with Gasteiger partial charge < -0.3 is 20.7 Å². The summed E-state index contributed by atoms with van der Waals surface area (Å²) >= 11 is 0. The summed E-state index contributed by atoms with van der Waals surface area (Å²) in [5, 5.41) is 8.40. The minimum atomic E-state index is -3.17. The van der Waals surface area contributed by atoms with Gasteiger partial charge in [0.1, 0.15) is 11.6 Å². The van der Waals surface area contributed by atoms with E-state index in [2.05, 4.69) is 37.5 Å². The number of rotatable bonds is 8. The van der Waals surface area contributed by atoms with Gasteiger partial charge in [-0.3, -0.25) is 9.78 Å². The molecule has 0 aliphatic heterocycles. The lowest BCUT2D eigenvalue weighted by atomic mass is 10.2. The molecule has 10 heteroatoms. The average Bonchev–Trinajstić information content (AvgIpc) is 2.74. The summed E-state index contributed by atoms with van der Waals surface area (Å²) in [6, 6.07) is 8.16. The van der Waals surface area contributed by atoms with E-state index in [0.717, 1.165) is 19.2 Å². The van der Waals surface area contributed by atoms with E-state index in [1.807, 2.05) is 0 Å². The van der Waals surface area contributed by atoms with E-state index in [-0.39, 0.29) is 23.2 Å². The molecule has 0 spiro atoms. The zero-order valence-electron chi connectivity index (χ0n) is 16.8. The molecule has 0 atom stereocenters. The maximum atomic E-state index is 14.1. The van der Waals surface area contributed by atoms with Crippen LogP contribution < -0.4 is 20.7 Å². The van der Waals surface area contributed by atoms with Crippen LogP contribution in [-0.4, -0.2) is 28.0 Å². The van der Waals surface area contributed by atoms with Gasteiger partial charge in [-0.2, -0.15) is 4.98 Å². The van der Waals surface area contributed by atoms with Crippen molar-refractivity contribution in [2.45, 2.75) is 12.8 Å². The van der Waals surface area contributed by atoms with E-state index < -0.39 is 5.92 Å². The van der Waals surface area contributed by atoms with Gasteiger partial charge in [0, 0.05) is 30.6 Å². The van der Waals surface area contributed by atoms with Crippen LogP contribution in [-0.2, 0) is 10.7 Å². The molecule has 0 bridgehead atoms. The molecule has 0 saturated heterocycles. The van der Waals surface area contributed by atoms with Gasteiger partial charge >= 0.3 is 0 Å². The number of halogens is 2. The molecule has 1 aromatic carbocycles. The zero-order valence-corrected chi connectivity index (χ0v) is 16.8. The van der Waals surface area contributed by atoms with E-state index in [1.54, 1.807) is 30.3 Å². The number of carbonyl (C=O) groups is 1. The van der Waals surface area contributed by atoms with Crippen molar-refractivity contribution < 1.29 is 18.3 Å². The quantitative estimate of drug-likeness (QED) is 0.453. The number of hydrogen-bond donors (Lipinski definition) is 3. The van der Waals surface area contributed by atoms with Crippen LogP contribution >= 0.6 is 0 Å². The molecule has 0 radical (unpaired) electrons. The highest BCUT2D eigenvalue weighted by atomic mass is 19.3. The Bertz CT molecular complexity index is 1080. The number of amides is 1. The van der Waals surface area contributed by atoms with Gasteiger partial charge in [0.2, 0.25) is 11.9 Å². The third-order valence-electron chi connectivity index (χ3n) is 4.07. The standard InChI is InChI=1S/C21H20F2N6O2/c1-4-18(30)26-13-5-7-14(8-6-13)27-19-17(21(2,22)23)12-25-20(29-19)28-15-9-16(31-3)11-24-10-15/h4-12H,1H2,2-3H3,(H,26,30)(H2,25,27,28,29). The van der Waals surface area contributed by atoms with Crippen molar-refractivity contribution in [2.75, 3.05) is 23.1 Å². The molecule has 160 valence electrons. The highest BCUT2D eigenvalue weighted by Crippen LogP contribution is 2.34. The summed E-state index contributed by atoms with van der Waals surface area (Å²) < 4.78 is 33.3. The van der Waals surface area contributed by atoms with Crippen LogP contribution in [0.2, 0.25) is 0 Å². The molecule has 3 aromatic rings. The van der Waals surface area contributed by atoms with Crippen LogP contribution in [0.25, 0.3) is 0 Å². The molecule has 2 aromatic heterocycles. The number of ether oxygens (including phenoxy) is 1. The number of carbonyl (C=O) groups excluding carboxylic acids is 1. The molecule has 1 amide bonds. The molecule has 0 fully saturated rings. The lowest BCUT2D eigenvalue weighted by molar-refractivity contribution is -0.111. The van der Waals surface area contributed by atoms with Crippen LogP contribution in [0.3, 0.4) is 0 Å². The summed E-state index contributed by atoms with van der Waals surface area (Å²) in [4.78, 5) is 23.6. The van der Waals surface area contributed by atoms with Gasteiger partial charge in [0.15, 0.2) is 0 Å². The Morgan fingerprint density at radius 2 is 1.81 bits per heavy atom. The Morgan fingerprint density at radius 3 is 2.45 bits per heavy atom. The zero-order chi connectivity index (χ0) is 22.4. The number of hydrogen-bond acceptors (Lipinski definition) is 7. The summed E-state index contributed by atoms with van der Waals surface area (Å²) in [5.74, 6) is -2.98. The van der Waals surface area contributed by atoms with Crippen LogP contribution in [0, 0.1) is 0 Å². The minimum absolute atomic E-state index is 0.0660. The number of anilines is 5. The van der Waals surface area contributed by atoms with Crippen molar-refractivity contribution in [1.29, 1.82) is 0 Å². The summed E-state index contributed by atoms with van der Waals surface area (Å²) in [6.07, 6.45) is 5.26. The maximum absolute atomic E-state index is 14.1. The molecule has 2 heterocycles. The summed E-state index contributed by atoms with van der Waals surface area (Å²) in [7, 11) is 1.51. The molecular formula is C21H20F2N6O2. The van der Waals surface area contributed by atoms with Crippen molar-refractivity contribution in [3.8, 4) is 5.75 Å². The third kappa shape index (κ3) is 5.72. The fraction of sp³-hybridized carbons (Fsp3) is 0.143. The molecule has 0 unspecified atom stereocenters. The highest BCUT2D eigenvalue weighted by Gasteiger charge is 2.29. The van der Waals surface area contributed by atoms with Crippen molar-refractivity contribution in [1.82, 2.24) is 15.0 Å². The van der Waals surface area contributed by atoms with E-state index in [4.69, 9.17) is 4.74 Å². The monoisotopic (exact) mass is 426 g/mol. The molecule has 31 heavy (non-hydrogen) atoms. The number of benzene rings is 1. The number of nitrogens with one attached hydrogen (secondary N) is 3.